The van der Waals surface area contributed by atoms with Crippen LogP contribution in [0.1, 0.15) is 35.3 Å². The monoisotopic (exact) mass is 476 g/mol. The van der Waals surface area contributed by atoms with Crippen molar-refractivity contribution in [1.82, 2.24) is 9.47 Å². The number of aliphatic hydroxyl groups excluding tert-OH is 1. The minimum absolute atomic E-state index is 0.0384. The van der Waals surface area contributed by atoms with Crippen LogP contribution < -0.4 is 10.5 Å². The fourth-order valence-corrected chi connectivity index (χ4v) is 4.60. The van der Waals surface area contributed by atoms with Gasteiger partial charge in [-0.15, -0.1) is 0 Å². The predicted molar refractivity (Wildman–Crippen MR) is 131 cm³/mol. The first-order chi connectivity index (χ1) is 17.0. The summed E-state index contributed by atoms with van der Waals surface area (Å²) >= 11 is 0. The molecule has 1 saturated heterocycles. The summed E-state index contributed by atoms with van der Waals surface area (Å²) in [6.45, 7) is 1.46. The molecule has 2 heterocycles. The van der Waals surface area contributed by atoms with Crippen LogP contribution in [0.5, 0.6) is 5.75 Å². The zero-order chi connectivity index (χ0) is 24.9. The molecule has 8 heteroatoms. The van der Waals surface area contributed by atoms with Crippen molar-refractivity contribution in [2.45, 2.75) is 31.8 Å². The van der Waals surface area contributed by atoms with Gasteiger partial charge < -0.3 is 25.0 Å². The van der Waals surface area contributed by atoms with E-state index in [4.69, 9.17) is 15.7 Å². The minimum Gasteiger partial charge on any atom is -0.497 e. The van der Waals surface area contributed by atoms with Gasteiger partial charge in [0, 0.05) is 37.8 Å². The number of methoxy groups -OCH3 is 1. The molecule has 4 rings (SSSR count). The number of hydrogen-bond donors (Lipinski definition) is 2. The number of aliphatic hydroxyl groups is 1. The van der Waals surface area contributed by atoms with Gasteiger partial charge in [-0.1, -0.05) is 6.07 Å². The molecule has 0 radical (unpaired) electrons. The maximum absolute atomic E-state index is 14.6. The fraction of sp³-hybridized carbons (Fsp3) is 0.333. The number of rotatable bonds is 7. The number of carbonyl (C=O) groups is 1. The number of nitrogens with zero attached hydrogens (tertiary/aromatic N) is 3. The van der Waals surface area contributed by atoms with Crippen molar-refractivity contribution in [1.29, 1.82) is 5.26 Å². The van der Waals surface area contributed by atoms with Crippen molar-refractivity contribution in [3.05, 3.63) is 65.6 Å². The number of carbonyl (C=O) groups excluding carboxylic acids is 1. The van der Waals surface area contributed by atoms with Crippen LogP contribution in [0.25, 0.3) is 22.4 Å². The van der Waals surface area contributed by atoms with Gasteiger partial charge in [-0.05, 0) is 72.9 Å². The summed E-state index contributed by atoms with van der Waals surface area (Å²) in [5.41, 5.74) is 9.32. The van der Waals surface area contributed by atoms with E-state index < -0.39 is 5.82 Å². The molecule has 0 saturated carbocycles. The van der Waals surface area contributed by atoms with Crippen LogP contribution in [0.2, 0.25) is 0 Å². The summed E-state index contributed by atoms with van der Waals surface area (Å²) in [5, 5.41) is 18.7. The van der Waals surface area contributed by atoms with E-state index in [1.807, 2.05) is 34.9 Å². The van der Waals surface area contributed by atoms with Crippen molar-refractivity contribution in [2.75, 3.05) is 26.8 Å². The molecule has 1 amide bonds. The van der Waals surface area contributed by atoms with E-state index in [1.54, 1.807) is 24.1 Å². The molecular weight excluding hydrogens is 447 g/mol. The minimum atomic E-state index is -0.622. The van der Waals surface area contributed by atoms with Gasteiger partial charge in [-0.25, -0.2) is 4.39 Å². The molecule has 3 N–H and O–H groups in total. The van der Waals surface area contributed by atoms with E-state index >= 15 is 0 Å². The van der Waals surface area contributed by atoms with Gasteiger partial charge in [0.15, 0.2) is 0 Å². The number of halogens is 1. The van der Waals surface area contributed by atoms with Gasteiger partial charge in [-0.2, -0.15) is 5.26 Å². The Morgan fingerprint density at radius 3 is 2.60 bits per heavy atom. The maximum Gasteiger partial charge on any atom is 0.270 e. The van der Waals surface area contributed by atoms with Crippen molar-refractivity contribution in [3.63, 3.8) is 0 Å². The highest BCUT2D eigenvalue weighted by atomic mass is 19.1. The smallest absolute Gasteiger partial charge is 0.270 e. The third-order valence-corrected chi connectivity index (χ3v) is 6.36. The number of nitrogens with two attached hydrogens (primary N) is 1. The Balaban J connectivity index is 1.91. The van der Waals surface area contributed by atoms with E-state index in [2.05, 4.69) is 0 Å². The SMILES string of the molecule is COc1ccc(-c2c(-c3ccc(C#N)c(F)c3)cc(C(=O)N3CCCC(N)C3)n2CCCO)cc1. The molecule has 0 aliphatic carbocycles. The Kier molecular flexibility index (Phi) is 7.49. The van der Waals surface area contributed by atoms with Crippen LogP contribution in [0, 0.1) is 17.1 Å². The lowest BCUT2D eigenvalue weighted by Gasteiger charge is -2.31. The number of piperidine rings is 1. The number of amides is 1. The number of aromatic nitrogens is 1. The van der Waals surface area contributed by atoms with Gasteiger partial charge >= 0.3 is 0 Å². The van der Waals surface area contributed by atoms with E-state index in [1.165, 1.54) is 12.1 Å². The lowest BCUT2D eigenvalue weighted by Crippen LogP contribution is -2.46. The maximum atomic E-state index is 14.6. The molecule has 1 aliphatic heterocycles. The Morgan fingerprint density at radius 1 is 1.23 bits per heavy atom. The second-order valence-corrected chi connectivity index (χ2v) is 8.71. The average molecular weight is 477 g/mol. The third-order valence-electron chi connectivity index (χ3n) is 6.36. The summed E-state index contributed by atoms with van der Waals surface area (Å²) in [6.07, 6.45) is 2.16. The molecule has 1 atom stereocenters. The van der Waals surface area contributed by atoms with Crippen molar-refractivity contribution < 1.29 is 19.0 Å². The highest BCUT2D eigenvalue weighted by molar-refractivity contribution is 5.98. The van der Waals surface area contributed by atoms with Crippen LogP contribution in [-0.2, 0) is 6.54 Å². The largest absolute Gasteiger partial charge is 0.497 e. The molecule has 0 spiro atoms. The molecule has 1 aliphatic rings. The van der Waals surface area contributed by atoms with E-state index in [0.29, 0.717) is 48.6 Å². The van der Waals surface area contributed by atoms with E-state index in [0.717, 1.165) is 24.1 Å². The number of likely N-dealkylation sites (tertiary alicyclic amines) is 1. The van der Waals surface area contributed by atoms with Crippen molar-refractivity contribution in [3.8, 4) is 34.2 Å². The quantitative estimate of drug-likeness (QED) is 0.540. The van der Waals surface area contributed by atoms with Crippen LogP contribution in [0.15, 0.2) is 48.5 Å². The second kappa shape index (κ2) is 10.7. The summed E-state index contributed by atoms with van der Waals surface area (Å²) in [7, 11) is 1.59. The highest BCUT2D eigenvalue weighted by Gasteiger charge is 2.28. The Labute approximate surface area is 204 Å². The van der Waals surface area contributed by atoms with Crippen LogP contribution in [0.3, 0.4) is 0 Å². The van der Waals surface area contributed by atoms with Crippen molar-refractivity contribution >= 4 is 5.91 Å². The first-order valence-corrected chi connectivity index (χ1v) is 11.7. The van der Waals surface area contributed by atoms with Gasteiger partial charge in [0.2, 0.25) is 0 Å². The average Bonchev–Trinajstić information content (AvgIpc) is 3.26. The van der Waals surface area contributed by atoms with Gasteiger partial charge in [0.1, 0.15) is 23.3 Å². The van der Waals surface area contributed by atoms with Gasteiger partial charge in [-0.3, -0.25) is 4.79 Å². The predicted octanol–water partition coefficient (Wildman–Crippen LogP) is 3.79. The van der Waals surface area contributed by atoms with Crippen LogP contribution in [0.4, 0.5) is 4.39 Å². The Bertz CT molecular complexity index is 1250. The molecule has 0 bridgehead atoms. The first kappa shape index (κ1) is 24.5. The van der Waals surface area contributed by atoms with E-state index in [9.17, 15) is 14.3 Å². The Hall–Kier alpha value is -3.67. The zero-order valence-corrected chi connectivity index (χ0v) is 19.7. The molecule has 1 unspecified atom stereocenters. The summed E-state index contributed by atoms with van der Waals surface area (Å²) in [6, 6.07) is 15.4. The molecule has 1 aromatic heterocycles. The van der Waals surface area contributed by atoms with Crippen molar-refractivity contribution in [2.24, 2.45) is 5.73 Å². The first-order valence-electron chi connectivity index (χ1n) is 11.7. The summed E-state index contributed by atoms with van der Waals surface area (Å²) in [5.74, 6) is -0.0799. The fourth-order valence-electron chi connectivity index (χ4n) is 4.60. The lowest BCUT2D eigenvalue weighted by molar-refractivity contribution is 0.0697. The summed E-state index contributed by atoms with van der Waals surface area (Å²) < 4.78 is 21.8. The van der Waals surface area contributed by atoms with Crippen LogP contribution in [-0.4, -0.2) is 53.3 Å². The Morgan fingerprint density at radius 2 is 1.97 bits per heavy atom. The molecule has 1 fully saturated rings. The lowest BCUT2D eigenvalue weighted by atomic mass is 9.99. The van der Waals surface area contributed by atoms with E-state index in [-0.39, 0.29) is 24.1 Å². The number of ether oxygens (including phenoxy) is 1. The number of benzene rings is 2. The normalized spacial score (nSPS) is 15.6. The summed E-state index contributed by atoms with van der Waals surface area (Å²) in [4.78, 5) is 15.4. The molecular formula is C27H29FN4O3. The molecule has 182 valence electrons. The zero-order valence-electron chi connectivity index (χ0n) is 19.7. The number of hydrogen-bond acceptors (Lipinski definition) is 5. The third kappa shape index (κ3) is 5.06. The highest BCUT2D eigenvalue weighted by Crippen LogP contribution is 2.37. The molecule has 3 aromatic rings. The van der Waals surface area contributed by atoms with Gasteiger partial charge in [0.05, 0.1) is 18.4 Å². The second-order valence-electron chi connectivity index (χ2n) is 8.71. The molecule has 35 heavy (non-hydrogen) atoms. The molecule has 7 nitrogen and oxygen atoms in total. The van der Waals surface area contributed by atoms with Crippen LogP contribution >= 0.6 is 0 Å². The number of nitriles is 1. The van der Waals surface area contributed by atoms with Gasteiger partial charge in [0.25, 0.3) is 5.91 Å². The topological polar surface area (TPSA) is 105 Å². The molecule has 2 aromatic carbocycles. The standard InChI is InChI=1S/C27H29FN4O3/c1-35-22-9-7-18(8-10-22)26-23(19-5-6-20(16-29)24(28)14-19)15-25(32(26)12-3-13-33)27(34)31-11-2-4-21(30)17-31/h5-10,14-15,21,33H,2-4,11-13,17,30H2,1H3.